The van der Waals surface area contributed by atoms with Gasteiger partial charge in [-0.3, -0.25) is 9.52 Å². The van der Waals surface area contributed by atoms with E-state index < -0.39 is 10.0 Å². The Morgan fingerprint density at radius 1 is 1.07 bits per heavy atom. The van der Waals surface area contributed by atoms with Gasteiger partial charge in [0.25, 0.3) is 10.0 Å². The van der Waals surface area contributed by atoms with Crippen LogP contribution < -0.4 is 19.5 Å². The van der Waals surface area contributed by atoms with Crippen molar-refractivity contribution >= 4 is 27.3 Å². The highest BCUT2D eigenvalue weighted by Crippen LogP contribution is 2.39. The number of ether oxygens (including phenoxy) is 2. The van der Waals surface area contributed by atoms with Crippen molar-refractivity contribution in [1.82, 2.24) is 0 Å². The van der Waals surface area contributed by atoms with E-state index in [2.05, 4.69) is 10.0 Å². The molecule has 0 radical (unpaired) electrons. The van der Waals surface area contributed by atoms with E-state index in [9.17, 15) is 13.2 Å². The highest BCUT2D eigenvalue weighted by Gasteiger charge is 2.33. The van der Waals surface area contributed by atoms with E-state index in [1.807, 2.05) is 13.8 Å². The molecule has 0 aromatic heterocycles. The number of fused-ring (bicyclic) bond motifs is 2. The fourth-order valence-electron chi connectivity index (χ4n) is 3.42. The number of anilines is 2. The Kier molecular flexibility index (Phi) is 4.22. The van der Waals surface area contributed by atoms with Gasteiger partial charge in [0.15, 0.2) is 11.5 Å². The lowest BCUT2D eigenvalue weighted by molar-refractivity contribution is -0.117. The first-order valence-electron chi connectivity index (χ1n) is 8.72. The molecule has 2 aromatic carbocycles. The summed E-state index contributed by atoms with van der Waals surface area (Å²) in [7, 11) is -3.81. The minimum atomic E-state index is -3.81. The van der Waals surface area contributed by atoms with Crippen LogP contribution in [0.2, 0.25) is 0 Å². The monoisotopic (exact) mass is 388 g/mol. The van der Waals surface area contributed by atoms with E-state index in [4.69, 9.17) is 9.47 Å². The van der Waals surface area contributed by atoms with E-state index in [1.54, 1.807) is 24.3 Å². The van der Waals surface area contributed by atoms with Crippen LogP contribution in [0.15, 0.2) is 41.3 Å². The summed E-state index contributed by atoms with van der Waals surface area (Å²) in [6.45, 7) is 4.75. The molecule has 1 amide bonds. The van der Waals surface area contributed by atoms with Crippen LogP contribution in [-0.4, -0.2) is 27.5 Å². The molecule has 0 bridgehead atoms. The fourth-order valence-corrected chi connectivity index (χ4v) is 4.48. The van der Waals surface area contributed by atoms with Crippen molar-refractivity contribution in [2.45, 2.75) is 24.7 Å². The van der Waals surface area contributed by atoms with Crippen LogP contribution in [0.25, 0.3) is 0 Å². The second-order valence-electron chi connectivity index (χ2n) is 6.92. The van der Waals surface area contributed by atoms with Crippen LogP contribution in [0.4, 0.5) is 11.4 Å². The maximum Gasteiger partial charge on any atom is 0.262 e. The number of amides is 1. The minimum absolute atomic E-state index is 0.0631. The first kappa shape index (κ1) is 17.7. The Balaban J connectivity index is 1.63. The van der Waals surface area contributed by atoms with Crippen LogP contribution in [0.1, 0.15) is 25.3 Å². The zero-order chi connectivity index (χ0) is 19.2. The lowest BCUT2D eigenvalue weighted by Gasteiger charge is -2.19. The summed E-state index contributed by atoms with van der Waals surface area (Å²) >= 11 is 0. The van der Waals surface area contributed by atoms with Crippen molar-refractivity contribution in [1.29, 1.82) is 0 Å². The van der Waals surface area contributed by atoms with E-state index >= 15 is 0 Å². The largest absolute Gasteiger partial charge is 0.486 e. The van der Waals surface area contributed by atoms with Gasteiger partial charge < -0.3 is 14.8 Å². The number of nitrogens with one attached hydrogen (secondary N) is 2. The summed E-state index contributed by atoms with van der Waals surface area (Å²) < 4.78 is 39.0. The van der Waals surface area contributed by atoms with Gasteiger partial charge >= 0.3 is 0 Å². The molecule has 2 heterocycles. The highest BCUT2D eigenvalue weighted by molar-refractivity contribution is 7.92. The van der Waals surface area contributed by atoms with Crippen molar-refractivity contribution in [3.63, 3.8) is 0 Å². The van der Waals surface area contributed by atoms with E-state index in [0.29, 0.717) is 30.4 Å². The van der Waals surface area contributed by atoms with Gasteiger partial charge in [0.1, 0.15) is 13.2 Å². The maximum atomic E-state index is 12.8. The normalized spacial score (nSPS) is 18.2. The smallest absolute Gasteiger partial charge is 0.262 e. The first-order valence-corrected chi connectivity index (χ1v) is 10.2. The third-order valence-electron chi connectivity index (χ3n) is 4.67. The predicted octanol–water partition coefficient (Wildman–Crippen LogP) is 2.95. The molecule has 0 spiro atoms. The fraction of sp³-hybridized carbons (Fsp3) is 0.316. The standard InChI is InChI=1S/C19H20N2O5S/c1-11(2)18-14-9-12(3-5-15(14)20-19(18)22)21-27(23,24)13-4-6-16-17(10-13)26-8-7-25-16/h3-6,9-11,18,21H,7-8H2,1-2H3,(H,20,22). The Morgan fingerprint density at radius 2 is 1.81 bits per heavy atom. The van der Waals surface area contributed by atoms with Crippen LogP contribution in [-0.2, 0) is 14.8 Å². The summed E-state index contributed by atoms with van der Waals surface area (Å²) in [5.41, 5.74) is 1.93. The van der Waals surface area contributed by atoms with Crippen LogP contribution in [0.5, 0.6) is 11.5 Å². The molecule has 2 aliphatic heterocycles. The molecule has 1 atom stereocenters. The summed E-state index contributed by atoms with van der Waals surface area (Å²) in [5.74, 6) is 0.691. The molecule has 142 valence electrons. The molecule has 7 nitrogen and oxygen atoms in total. The van der Waals surface area contributed by atoms with Crippen molar-refractivity contribution in [3.8, 4) is 11.5 Å². The molecule has 0 fully saturated rings. The van der Waals surface area contributed by atoms with Gasteiger partial charge in [0.05, 0.1) is 10.8 Å². The zero-order valence-corrected chi connectivity index (χ0v) is 15.8. The molecular weight excluding hydrogens is 368 g/mol. The van der Waals surface area contributed by atoms with Crippen molar-refractivity contribution < 1.29 is 22.7 Å². The van der Waals surface area contributed by atoms with Crippen molar-refractivity contribution in [2.24, 2.45) is 5.92 Å². The van der Waals surface area contributed by atoms with E-state index in [1.165, 1.54) is 12.1 Å². The van der Waals surface area contributed by atoms with E-state index in [-0.39, 0.29) is 22.6 Å². The summed E-state index contributed by atoms with van der Waals surface area (Å²) in [6, 6.07) is 9.59. The SMILES string of the molecule is CC(C)C1C(=O)Nc2ccc(NS(=O)(=O)c3ccc4c(c3)OCCO4)cc21. The zero-order valence-electron chi connectivity index (χ0n) is 15.0. The van der Waals surface area contributed by atoms with Crippen molar-refractivity contribution in [3.05, 3.63) is 42.0 Å². The maximum absolute atomic E-state index is 12.8. The number of benzene rings is 2. The van der Waals surface area contributed by atoms with Crippen LogP contribution in [0, 0.1) is 5.92 Å². The second kappa shape index (κ2) is 6.45. The summed E-state index contributed by atoms with van der Waals surface area (Å²) in [4.78, 5) is 12.2. The van der Waals surface area contributed by atoms with Gasteiger partial charge in [-0.2, -0.15) is 0 Å². The number of carbonyl (C=O) groups is 1. The number of rotatable bonds is 4. The van der Waals surface area contributed by atoms with Gasteiger partial charge in [0, 0.05) is 17.4 Å². The number of hydrogen-bond donors (Lipinski definition) is 2. The lowest BCUT2D eigenvalue weighted by atomic mass is 9.89. The quantitative estimate of drug-likeness (QED) is 0.840. The van der Waals surface area contributed by atoms with Gasteiger partial charge in [-0.1, -0.05) is 13.8 Å². The number of carbonyl (C=O) groups excluding carboxylic acids is 1. The number of sulfonamides is 1. The lowest BCUT2D eigenvalue weighted by Crippen LogP contribution is -2.18. The Morgan fingerprint density at radius 3 is 2.56 bits per heavy atom. The number of hydrogen-bond acceptors (Lipinski definition) is 5. The van der Waals surface area contributed by atoms with Gasteiger partial charge in [-0.25, -0.2) is 8.42 Å². The average molecular weight is 388 g/mol. The minimum Gasteiger partial charge on any atom is -0.486 e. The molecule has 0 saturated heterocycles. The molecule has 2 aromatic rings. The summed E-state index contributed by atoms with van der Waals surface area (Å²) in [5, 5.41) is 2.84. The molecule has 1 unspecified atom stereocenters. The Labute approximate surface area is 157 Å². The van der Waals surface area contributed by atoms with E-state index in [0.717, 1.165) is 11.3 Å². The molecule has 4 rings (SSSR count). The molecule has 0 saturated carbocycles. The van der Waals surface area contributed by atoms with Crippen LogP contribution >= 0.6 is 0 Å². The average Bonchev–Trinajstić information content (AvgIpc) is 2.96. The van der Waals surface area contributed by atoms with Gasteiger partial charge in [-0.15, -0.1) is 0 Å². The predicted molar refractivity (Wildman–Crippen MR) is 101 cm³/mol. The molecule has 2 aliphatic rings. The Bertz CT molecular complexity index is 1020. The molecule has 27 heavy (non-hydrogen) atoms. The molecule has 8 heteroatoms. The summed E-state index contributed by atoms with van der Waals surface area (Å²) in [6.07, 6.45) is 0. The third-order valence-corrected chi connectivity index (χ3v) is 6.05. The topological polar surface area (TPSA) is 93.7 Å². The first-order chi connectivity index (χ1) is 12.8. The molecular formula is C19H20N2O5S. The van der Waals surface area contributed by atoms with Gasteiger partial charge in [0.2, 0.25) is 5.91 Å². The van der Waals surface area contributed by atoms with Crippen LogP contribution in [0.3, 0.4) is 0 Å². The Hall–Kier alpha value is -2.74. The third kappa shape index (κ3) is 3.21. The second-order valence-corrected chi connectivity index (χ2v) is 8.61. The van der Waals surface area contributed by atoms with Crippen molar-refractivity contribution in [2.75, 3.05) is 23.3 Å². The molecule has 0 aliphatic carbocycles. The highest BCUT2D eigenvalue weighted by atomic mass is 32.2. The van der Waals surface area contributed by atoms with Gasteiger partial charge in [-0.05, 0) is 41.8 Å². The molecule has 2 N–H and O–H groups in total.